The molecule has 1 aliphatic carbocycles. The van der Waals surface area contributed by atoms with Crippen molar-refractivity contribution in [2.45, 2.75) is 39.0 Å². The molecule has 0 N–H and O–H groups in total. The van der Waals surface area contributed by atoms with E-state index >= 15 is 0 Å². The van der Waals surface area contributed by atoms with Crippen molar-refractivity contribution < 1.29 is 14.3 Å². The van der Waals surface area contributed by atoms with Crippen LogP contribution in [0.25, 0.3) is 0 Å². The lowest BCUT2D eigenvalue weighted by Crippen LogP contribution is -2.24. The zero-order valence-electron chi connectivity index (χ0n) is 9.00. The topological polar surface area (TPSA) is 43.4 Å². The summed E-state index contributed by atoms with van der Waals surface area (Å²) in [7, 11) is 0. The molecule has 1 fully saturated rings. The minimum atomic E-state index is -0.269. The molecule has 0 heterocycles. The summed E-state index contributed by atoms with van der Waals surface area (Å²) in [5.41, 5.74) is 0. The van der Waals surface area contributed by atoms with Gasteiger partial charge in [-0.1, -0.05) is 0 Å². The van der Waals surface area contributed by atoms with Crippen molar-refractivity contribution in [2.75, 3.05) is 6.61 Å². The molecule has 3 nitrogen and oxygen atoms in total. The summed E-state index contributed by atoms with van der Waals surface area (Å²) < 4.78 is 4.97. The monoisotopic (exact) mass is 232 g/mol. The first-order valence-corrected chi connectivity index (χ1v) is 5.86. The number of carbonyl (C=O) groups is 2. The summed E-state index contributed by atoms with van der Waals surface area (Å²) in [6.07, 6.45) is 3.91. The van der Waals surface area contributed by atoms with Crippen LogP contribution in [0, 0.1) is 11.8 Å². The third kappa shape index (κ3) is 4.20. The third-order valence-electron chi connectivity index (χ3n) is 2.92. The van der Waals surface area contributed by atoms with Gasteiger partial charge in [-0.15, -0.1) is 0 Å². The molecule has 0 unspecified atom stereocenters. The minimum absolute atomic E-state index is 0.0339. The molecule has 0 aromatic heterocycles. The quantitative estimate of drug-likeness (QED) is 0.553. The highest BCUT2D eigenvalue weighted by atomic mass is 35.5. The van der Waals surface area contributed by atoms with Crippen LogP contribution in [0.15, 0.2) is 0 Å². The van der Waals surface area contributed by atoms with E-state index in [0.717, 1.165) is 25.7 Å². The molecule has 0 aromatic rings. The maximum absolute atomic E-state index is 11.4. The number of ether oxygens (including phenoxy) is 1. The van der Waals surface area contributed by atoms with Gasteiger partial charge in [-0.05, 0) is 50.1 Å². The van der Waals surface area contributed by atoms with Crippen molar-refractivity contribution >= 4 is 22.8 Å². The van der Waals surface area contributed by atoms with Crippen LogP contribution in [0.3, 0.4) is 0 Å². The number of carbonyl (C=O) groups excluding carboxylic acids is 2. The molecule has 1 saturated carbocycles. The molecular weight excluding hydrogens is 216 g/mol. The van der Waals surface area contributed by atoms with Gasteiger partial charge in [0.1, 0.15) is 0 Å². The highest BCUT2D eigenvalue weighted by Gasteiger charge is 2.27. The first-order valence-electron chi connectivity index (χ1n) is 5.48. The van der Waals surface area contributed by atoms with Gasteiger partial charge in [0.15, 0.2) is 0 Å². The van der Waals surface area contributed by atoms with E-state index in [4.69, 9.17) is 16.3 Å². The average Bonchev–Trinajstić information content (AvgIpc) is 2.18. The van der Waals surface area contributed by atoms with Crippen LogP contribution in [0.1, 0.15) is 39.0 Å². The molecule has 86 valence electrons. The van der Waals surface area contributed by atoms with Gasteiger partial charge in [-0.2, -0.15) is 0 Å². The zero-order chi connectivity index (χ0) is 11.3. The van der Waals surface area contributed by atoms with Crippen molar-refractivity contribution in [3.8, 4) is 0 Å². The summed E-state index contributed by atoms with van der Waals surface area (Å²) >= 11 is 5.33. The lowest BCUT2D eigenvalue weighted by atomic mass is 9.81. The smallest absolute Gasteiger partial charge is 0.308 e. The Morgan fingerprint density at radius 1 is 1.27 bits per heavy atom. The summed E-state index contributed by atoms with van der Waals surface area (Å²) in [5, 5.41) is -0.269. The van der Waals surface area contributed by atoms with Crippen molar-refractivity contribution in [2.24, 2.45) is 11.8 Å². The second kappa shape index (κ2) is 6.11. The molecule has 1 rings (SSSR count). The molecule has 15 heavy (non-hydrogen) atoms. The van der Waals surface area contributed by atoms with Gasteiger partial charge in [0.25, 0.3) is 0 Å². The van der Waals surface area contributed by atoms with E-state index in [1.54, 1.807) is 0 Å². The number of esters is 1. The van der Waals surface area contributed by atoms with Crippen molar-refractivity contribution in [3.05, 3.63) is 0 Å². The number of halogens is 1. The fourth-order valence-corrected chi connectivity index (χ4v) is 2.31. The van der Waals surface area contributed by atoms with Crippen LogP contribution in [0.4, 0.5) is 0 Å². The van der Waals surface area contributed by atoms with E-state index in [-0.39, 0.29) is 17.1 Å². The van der Waals surface area contributed by atoms with Crippen LogP contribution >= 0.6 is 11.6 Å². The highest BCUT2D eigenvalue weighted by Crippen LogP contribution is 2.31. The normalized spacial score (nSPS) is 26.0. The van der Waals surface area contributed by atoms with Crippen LogP contribution in [0.2, 0.25) is 0 Å². The van der Waals surface area contributed by atoms with Crippen LogP contribution in [-0.2, 0) is 14.3 Å². The zero-order valence-corrected chi connectivity index (χ0v) is 9.76. The molecule has 0 amide bonds. The Hall–Kier alpha value is -0.570. The van der Waals surface area contributed by atoms with E-state index in [0.29, 0.717) is 18.9 Å². The van der Waals surface area contributed by atoms with Gasteiger partial charge in [0.05, 0.1) is 12.5 Å². The molecule has 0 radical (unpaired) electrons. The summed E-state index contributed by atoms with van der Waals surface area (Å²) in [6.45, 7) is 2.26. The van der Waals surface area contributed by atoms with Gasteiger partial charge in [-0.3, -0.25) is 9.59 Å². The molecule has 0 bridgehead atoms. The molecule has 0 saturated heterocycles. The molecule has 0 atom stereocenters. The predicted octanol–water partition coefficient (Wildman–Crippen LogP) is 2.51. The Morgan fingerprint density at radius 2 is 1.87 bits per heavy atom. The van der Waals surface area contributed by atoms with E-state index in [1.807, 2.05) is 6.92 Å². The molecule has 4 heteroatoms. The van der Waals surface area contributed by atoms with E-state index in [9.17, 15) is 9.59 Å². The molecule has 0 aromatic carbocycles. The van der Waals surface area contributed by atoms with Gasteiger partial charge >= 0.3 is 5.97 Å². The second-order valence-electron chi connectivity index (χ2n) is 4.03. The minimum Gasteiger partial charge on any atom is -0.466 e. The van der Waals surface area contributed by atoms with Gasteiger partial charge in [0, 0.05) is 6.42 Å². The molecule has 0 spiro atoms. The van der Waals surface area contributed by atoms with Gasteiger partial charge in [0.2, 0.25) is 5.24 Å². The summed E-state index contributed by atoms with van der Waals surface area (Å²) in [4.78, 5) is 22.1. The Bertz CT molecular complexity index is 232. The number of hydrogen-bond donors (Lipinski definition) is 0. The predicted molar refractivity (Wildman–Crippen MR) is 57.6 cm³/mol. The van der Waals surface area contributed by atoms with Crippen LogP contribution in [0.5, 0.6) is 0 Å². The number of rotatable bonds is 4. The summed E-state index contributed by atoms with van der Waals surface area (Å²) in [6, 6.07) is 0. The highest BCUT2D eigenvalue weighted by molar-refractivity contribution is 6.63. The Labute approximate surface area is 95.1 Å². The van der Waals surface area contributed by atoms with Crippen molar-refractivity contribution in [1.29, 1.82) is 0 Å². The Balaban J connectivity index is 2.29. The van der Waals surface area contributed by atoms with Crippen LogP contribution in [-0.4, -0.2) is 17.8 Å². The lowest BCUT2D eigenvalue weighted by Gasteiger charge is -2.26. The third-order valence-corrected chi connectivity index (χ3v) is 3.07. The fraction of sp³-hybridized carbons (Fsp3) is 0.818. The fourth-order valence-electron chi connectivity index (χ4n) is 2.09. The maximum atomic E-state index is 11.4. The van der Waals surface area contributed by atoms with Gasteiger partial charge < -0.3 is 4.74 Å². The largest absolute Gasteiger partial charge is 0.466 e. The molecule has 0 aliphatic heterocycles. The second-order valence-corrected chi connectivity index (χ2v) is 4.45. The van der Waals surface area contributed by atoms with Gasteiger partial charge in [-0.25, -0.2) is 0 Å². The van der Waals surface area contributed by atoms with Crippen molar-refractivity contribution in [3.63, 3.8) is 0 Å². The SMILES string of the molecule is CCOC(=O)C1CCC(CC(=O)Cl)CC1. The number of hydrogen-bond acceptors (Lipinski definition) is 3. The average molecular weight is 233 g/mol. The standard InChI is InChI=1S/C11H17ClO3/c1-2-15-11(14)9-5-3-8(4-6-9)7-10(12)13/h8-9H,2-7H2,1H3. The lowest BCUT2D eigenvalue weighted by molar-refractivity contribution is -0.149. The molecule has 1 aliphatic rings. The van der Waals surface area contributed by atoms with E-state index < -0.39 is 0 Å². The van der Waals surface area contributed by atoms with E-state index in [1.165, 1.54) is 0 Å². The Morgan fingerprint density at radius 3 is 2.33 bits per heavy atom. The van der Waals surface area contributed by atoms with E-state index in [2.05, 4.69) is 0 Å². The van der Waals surface area contributed by atoms with Crippen molar-refractivity contribution in [1.82, 2.24) is 0 Å². The Kier molecular flexibility index (Phi) is 5.09. The first kappa shape index (κ1) is 12.5. The maximum Gasteiger partial charge on any atom is 0.308 e. The van der Waals surface area contributed by atoms with Crippen LogP contribution < -0.4 is 0 Å². The molecular formula is C11H17ClO3. The first-order chi connectivity index (χ1) is 7.13. The summed E-state index contributed by atoms with van der Waals surface area (Å²) in [5.74, 6) is 0.306.